The molecule has 0 fully saturated rings. The SMILES string of the molecule is O=C(NCCC(c1ccccc1)c1ccccc1)c1nnn(-c2ccc(OC(F)(F)F)cc2)c1CSc1ncccn1. The lowest BCUT2D eigenvalue weighted by Gasteiger charge is -2.18. The summed E-state index contributed by atoms with van der Waals surface area (Å²) in [7, 11) is 0. The van der Waals surface area contributed by atoms with Crippen LogP contribution in [0.15, 0.2) is 109 Å². The number of hydrogen-bond acceptors (Lipinski definition) is 7. The quantitative estimate of drug-likeness (QED) is 0.145. The van der Waals surface area contributed by atoms with Crippen LogP contribution in [-0.2, 0) is 5.75 Å². The molecule has 0 saturated carbocycles. The topological polar surface area (TPSA) is 94.8 Å². The zero-order valence-electron chi connectivity index (χ0n) is 22.1. The summed E-state index contributed by atoms with van der Waals surface area (Å²) in [5.74, 6) is -0.477. The summed E-state index contributed by atoms with van der Waals surface area (Å²) < 4.78 is 43.2. The highest BCUT2D eigenvalue weighted by atomic mass is 32.2. The van der Waals surface area contributed by atoms with Gasteiger partial charge in [0.2, 0.25) is 0 Å². The zero-order valence-corrected chi connectivity index (χ0v) is 22.9. The van der Waals surface area contributed by atoms with Crippen LogP contribution in [0, 0.1) is 0 Å². The van der Waals surface area contributed by atoms with Crippen molar-refractivity contribution >= 4 is 17.7 Å². The molecule has 1 N–H and O–H groups in total. The van der Waals surface area contributed by atoms with E-state index in [1.807, 2.05) is 36.4 Å². The van der Waals surface area contributed by atoms with Gasteiger partial charge in [0, 0.05) is 30.6 Å². The van der Waals surface area contributed by atoms with Crippen molar-refractivity contribution in [1.82, 2.24) is 30.3 Å². The van der Waals surface area contributed by atoms with Crippen LogP contribution in [0.1, 0.15) is 39.6 Å². The van der Waals surface area contributed by atoms with E-state index in [-0.39, 0.29) is 23.1 Å². The van der Waals surface area contributed by atoms with Gasteiger partial charge < -0.3 is 10.1 Å². The Balaban J connectivity index is 1.35. The predicted octanol–water partition coefficient (Wildman–Crippen LogP) is 6.20. The lowest BCUT2D eigenvalue weighted by molar-refractivity contribution is -0.274. The van der Waals surface area contributed by atoms with Crippen LogP contribution >= 0.6 is 11.8 Å². The Labute approximate surface area is 244 Å². The number of ether oxygens (including phenoxy) is 1. The van der Waals surface area contributed by atoms with E-state index in [0.29, 0.717) is 29.5 Å². The molecule has 5 rings (SSSR count). The summed E-state index contributed by atoms with van der Waals surface area (Å²) in [5.41, 5.74) is 3.24. The Morgan fingerprint density at radius 2 is 1.50 bits per heavy atom. The number of carbonyl (C=O) groups is 1. The Hall–Kier alpha value is -4.71. The average Bonchev–Trinajstić information content (AvgIpc) is 3.43. The van der Waals surface area contributed by atoms with E-state index < -0.39 is 12.3 Å². The third-order valence-corrected chi connectivity index (χ3v) is 7.18. The van der Waals surface area contributed by atoms with Crippen LogP contribution in [0.4, 0.5) is 13.2 Å². The molecule has 3 aromatic carbocycles. The molecule has 0 unspecified atom stereocenters. The minimum atomic E-state index is -4.81. The Morgan fingerprint density at radius 1 is 0.881 bits per heavy atom. The molecule has 1 amide bonds. The maximum Gasteiger partial charge on any atom is 0.573 e. The van der Waals surface area contributed by atoms with Gasteiger partial charge in [-0.25, -0.2) is 14.6 Å². The normalized spacial score (nSPS) is 11.4. The van der Waals surface area contributed by atoms with Crippen LogP contribution in [-0.4, -0.2) is 43.8 Å². The molecule has 0 radical (unpaired) electrons. The molecule has 0 saturated heterocycles. The molecule has 0 aliphatic carbocycles. The van der Waals surface area contributed by atoms with Crippen molar-refractivity contribution in [3.8, 4) is 11.4 Å². The molecule has 5 aromatic rings. The smallest absolute Gasteiger partial charge is 0.406 e. The highest BCUT2D eigenvalue weighted by molar-refractivity contribution is 7.98. The van der Waals surface area contributed by atoms with Crippen molar-refractivity contribution < 1.29 is 22.7 Å². The van der Waals surface area contributed by atoms with E-state index in [1.165, 1.54) is 40.7 Å². The van der Waals surface area contributed by atoms with E-state index in [4.69, 9.17) is 0 Å². The van der Waals surface area contributed by atoms with Gasteiger partial charge in [0.05, 0.1) is 11.4 Å². The summed E-state index contributed by atoms with van der Waals surface area (Å²) in [6.45, 7) is 0.373. The molecule has 12 heteroatoms. The summed E-state index contributed by atoms with van der Waals surface area (Å²) in [6, 6.07) is 27.0. The van der Waals surface area contributed by atoms with Crippen molar-refractivity contribution in [3.63, 3.8) is 0 Å². The van der Waals surface area contributed by atoms with Crippen molar-refractivity contribution in [2.75, 3.05) is 6.54 Å². The molecule has 2 heterocycles. The van der Waals surface area contributed by atoms with Crippen molar-refractivity contribution in [1.29, 1.82) is 0 Å². The number of rotatable bonds is 11. The van der Waals surface area contributed by atoms with Gasteiger partial charge >= 0.3 is 6.36 Å². The maximum atomic E-state index is 13.4. The molecule has 214 valence electrons. The number of nitrogens with one attached hydrogen (secondary N) is 1. The molecule has 0 bridgehead atoms. The van der Waals surface area contributed by atoms with E-state index >= 15 is 0 Å². The standard InChI is InChI=1S/C30H25F3N6O2S/c31-30(32,33)41-24-14-12-23(13-15-24)39-26(20-42-29-35-17-7-18-36-29)27(37-38-39)28(40)34-19-16-25(21-8-3-1-4-9-21)22-10-5-2-6-11-22/h1-15,17-18,25H,16,19-20H2,(H,34,40). The largest absolute Gasteiger partial charge is 0.573 e. The highest BCUT2D eigenvalue weighted by Crippen LogP contribution is 2.28. The Morgan fingerprint density at radius 3 is 2.10 bits per heavy atom. The van der Waals surface area contributed by atoms with Gasteiger partial charge in [-0.15, -0.1) is 18.3 Å². The number of hydrogen-bond donors (Lipinski definition) is 1. The molecule has 0 atom stereocenters. The number of thioether (sulfide) groups is 1. The van der Waals surface area contributed by atoms with Gasteiger partial charge in [-0.3, -0.25) is 4.79 Å². The number of benzene rings is 3. The predicted molar refractivity (Wildman–Crippen MR) is 151 cm³/mol. The number of amides is 1. The van der Waals surface area contributed by atoms with E-state index in [2.05, 4.69) is 54.6 Å². The fourth-order valence-corrected chi connectivity index (χ4v) is 5.20. The van der Waals surface area contributed by atoms with E-state index in [9.17, 15) is 18.0 Å². The lowest BCUT2D eigenvalue weighted by Crippen LogP contribution is -2.27. The van der Waals surface area contributed by atoms with Crippen molar-refractivity contribution in [2.45, 2.75) is 29.6 Å². The molecule has 8 nitrogen and oxygen atoms in total. The molecule has 0 spiro atoms. The second-order valence-corrected chi connectivity index (χ2v) is 10.0. The average molecular weight is 591 g/mol. The second kappa shape index (κ2) is 13.3. The van der Waals surface area contributed by atoms with Gasteiger partial charge in [0.25, 0.3) is 5.91 Å². The second-order valence-electron chi connectivity index (χ2n) is 9.08. The van der Waals surface area contributed by atoms with Crippen molar-refractivity contribution in [3.05, 3.63) is 126 Å². The van der Waals surface area contributed by atoms with Crippen LogP contribution < -0.4 is 10.1 Å². The Kier molecular flexibility index (Phi) is 9.12. The van der Waals surface area contributed by atoms with Gasteiger partial charge in [0.15, 0.2) is 10.9 Å². The first-order chi connectivity index (χ1) is 20.4. The molecule has 0 aliphatic heterocycles. The van der Waals surface area contributed by atoms with E-state index in [1.54, 1.807) is 18.5 Å². The van der Waals surface area contributed by atoms with Gasteiger partial charge in [0.1, 0.15) is 5.75 Å². The minimum Gasteiger partial charge on any atom is -0.406 e. The zero-order chi connectivity index (χ0) is 29.4. The first-order valence-electron chi connectivity index (χ1n) is 13.0. The molecular weight excluding hydrogens is 565 g/mol. The third-order valence-electron chi connectivity index (χ3n) is 6.30. The molecular formula is C30H25F3N6O2S. The number of halogens is 3. The fourth-order valence-electron chi connectivity index (χ4n) is 4.41. The van der Waals surface area contributed by atoms with Crippen LogP contribution in [0.25, 0.3) is 5.69 Å². The minimum absolute atomic E-state index is 0.0751. The van der Waals surface area contributed by atoms with E-state index in [0.717, 1.165) is 11.1 Å². The fraction of sp³-hybridized carbons (Fsp3) is 0.167. The molecule has 42 heavy (non-hydrogen) atoms. The molecule has 0 aliphatic rings. The lowest BCUT2D eigenvalue weighted by atomic mass is 9.88. The first-order valence-corrected chi connectivity index (χ1v) is 13.9. The molecule has 2 aromatic heterocycles. The van der Waals surface area contributed by atoms with Crippen LogP contribution in [0.3, 0.4) is 0 Å². The summed E-state index contributed by atoms with van der Waals surface area (Å²) in [4.78, 5) is 21.8. The Bertz CT molecular complexity index is 1550. The summed E-state index contributed by atoms with van der Waals surface area (Å²) >= 11 is 1.28. The first kappa shape index (κ1) is 28.8. The van der Waals surface area contributed by atoms with Gasteiger partial charge in [-0.05, 0) is 47.9 Å². The monoisotopic (exact) mass is 590 g/mol. The third kappa shape index (κ3) is 7.52. The van der Waals surface area contributed by atoms with Gasteiger partial charge in [-0.1, -0.05) is 77.6 Å². The number of nitrogens with zero attached hydrogens (tertiary/aromatic N) is 5. The van der Waals surface area contributed by atoms with Crippen LogP contribution in [0.5, 0.6) is 5.75 Å². The highest BCUT2D eigenvalue weighted by Gasteiger charge is 2.31. The summed E-state index contributed by atoms with van der Waals surface area (Å²) in [5, 5.41) is 11.7. The maximum absolute atomic E-state index is 13.4. The van der Waals surface area contributed by atoms with Crippen LogP contribution in [0.2, 0.25) is 0 Å². The number of carbonyl (C=O) groups excluding carboxylic acids is 1. The number of alkyl halides is 3. The van der Waals surface area contributed by atoms with Crippen molar-refractivity contribution in [2.24, 2.45) is 0 Å². The van der Waals surface area contributed by atoms with Gasteiger partial charge in [-0.2, -0.15) is 0 Å². The summed E-state index contributed by atoms with van der Waals surface area (Å²) in [6.07, 6.45) is -0.949. The number of aromatic nitrogens is 5.